The van der Waals surface area contributed by atoms with Crippen molar-refractivity contribution in [3.63, 3.8) is 0 Å². The predicted molar refractivity (Wildman–Crippen MR) is 137 cm³/mol. The summed E-state index contributed by atoms with van der Waals surface area (Å²) in [6, 6.07) is 7.92. The summed E-state index contributed by atoms with van der Waals surface area (Å²) in [4.78, 5) is 8.46. The third-order valence-electron chi connectivity index (χ3n) is 6.46. The minimum atomic E-state index is -4.62. The molecule has 2 radical (unpaired) electrons. The largest absolute Gasteiger partial charge is 0.416 e. The van der Waals surface area contributed by atoms with Gasteiger partial charge in [-0.25, -0.2) is 13.4 Å². The van der Waals surface area contributed by atoms with Gasteiger partial charge in [0.25, 0.3) is 0 Å². The van der Waals surface area contributed by atoms with E-state index in [4.69, 9.17) is 24.4 Å². The van der Waals surface area contributed by atoms with Gasteiger partial charge in [-0.1, -0.05) is 17.7 Å². The molecule has 0 saturated carbocycles. The van der Waals surface area contributed by atoms with Crippen LogP contribution in [0.2, 0.25) is 5.02 Å². The topological polar surface area (TPSA) is 92.5 Å². The smallest absolute Gasteiger partial charge is 0.366 e. The van der Waals surface area contributed by atoms with Gasteiger partial charge < -0.3 is 5.32 Å². The average Bonchev–Trinajstić information content (AvgIpc) is 3.28. The number of rotatable bonds is 6. The lowest BCUT2D eigenvalue weighted by Gasteiger charge is -2.31. The maximum atomic E-state index is 13.2. The van der Waals surface area contributed by atoms with Gasteiger partial charge in [0.15, 0.2) is 0 Å². The number of nitrogens with one attached hydrogen (secondary N) is 1. The minimum Gasteiger partial charge on any atom is -0.366 e. The van der Waals surface area contributed by atoms with Crippen molar-refractivity contribution in [2.45, 2.75) is 36.4 Å². The highest BCUT2D eigenvalue weighted by atomic mass is 35.5. The molecule has 3 aromatic heterocycles. The van der Waals surface area contributed by atoms with Crippen LogP contribution in [0.1, 0.15) is 35.6 Å². The quantitative estimate of drug-likeness (QED) is 0.361. The molecule has 1 aromatic carbocycles. The summed E-state index contributed by atoms with van der Waals surface area (Å²) in [6.07, 6.45) is 1.25. The van der Waals surface area contributed by atoms with E-state index in [0.717, 1.165) is 23.4 Å². The summed E-state index contributed by atoms with van der Waals surface area (Å²) in [5.74, 6) is 0.611. The molecule has 0 unspecified atom stereocenters. The first-order chi connectivity index (χ1) is 18.0. The van der Waals surface area contributed by atoms with Crippen LogP contribution in [-0.4, -0.2) is 53.2 Å². The molecule has 4 heterocycles. The Morgan fingerprint density at radius 2 is 1.89 bits per heavy atom. The van der Waals surface area contributed by atoms with Gasteiger partial charge in [-0.2, -0.15) is 27.1 Å². The normalized spacial score (nSPS) is 15.7. The second-order valence-corrected chi connectivity index (χ2v) is 11.3. The first-order valence-corrected chi connectivity index (χ1v) is 13.5. The number of hydrogen-bond donors (Lipinski definition) is 1. The molecular weight excluding hydrogens is 540 g/mol. The van der Waals surface area contributed by atoms with Crippen LogP contribution < -0.4 is 10.8 Å². The van der Waals surface area contributed by atoms with E-state index < -0.39 is 26.8 Å². The number of pyridine rings is 1. The number of hydrogen-bond acceptors (Lipinski definition) is 6. The number of alkyl halides is 3. The highest BCUT2D eigenvalue weighted by Gasteiger charge is 2.35. The summed E-state index contributed by atoms with van der Waals surface area (Å²) in [5, 5.41) is 7.18. The van der Waals surface area contributed by atoms with Gasteiger partial charge in [-0.05, 0) is 48.1 Å². The molecule has 0 atom stereocenters. The highest BCUT2D eigenvalue weighted by Crippen LogP contribution is 2.36. The van der Waals surface area contributed by atoms with Crippen LogP contribution in [0.5, 0.6) is 0 Å². The molecule has 14 heteroatoms. The molecule has 196 valence electrons. The SMILES string of the molecule is [B]c1cnn2c(NCc3cccnc3)cc(C3CCN(S(=O)(=O)c4ccc(C(F)(F)F)cc4Cl)CC3)nc12. The summed E-state index contributed by atoms with van der Waals surface area (Å²) in [6.45, 7) is 0.811. The predicted octanol–water partition coefficient (Wildman–Crippen LogP) is 3.77. The van der Waals surface area contributed by atoms with Crippen LogP contribution in [0, 0.1) is 0 Å². The molecule has 8 nitrogen and oxygen atoms in total. The molecule has 5 rings (SSSR count). The van der Waals surface area contributed by atoms with Gasteiger partial charge >= 0.3 is 6.18 Å². The Bertz CT molecular complexity index is 1580. The van der Waals surface area contributed by atoms with E-state index in [1.807, 2.05) is 18.2 Å². The number of halogens is 4. The number of aromatic nitrogens is 4. The van der Waals surface area contributed by atoms with E-state index in [0.29, 0.717) is 42.4 Å². The molecule has 1 aliphatic rings. The molecule has 0 amide bonds. The Balaban J connectivity index is 1.34. The maximum Gasteiger partial charge on any atom is 0.416 e. The number of piperidine rings is 1. The summed E-state index contributed by atoms with van der Waals surface area (Å²) >= 11 is 5.97. The van der Waals surface area contributed by atoms with Crippen LogP contribution in [0.3, 0.4) is 0 Å². The van der Waals surface area contributed by atoms with Gasteiger partial charge in [0, 0.05) is 55.9 Å². The van der Waals surface area contributed by atoms with Crippen LogP contribution in [0.4, 0.5) is 19.0 Å². The van der Waals surface area contributed by atoms with Crippen molar-refractivity contribution < 1.29 is 21.6 Å². The zero-order valence-corrected chi connectivity index (χ0v) is 21.4. The van der Waals surface area contributed by atoms with Gasteiger partial charge in [0.1, 0.15) is 24.2 Å². The van der Waals surface area contributed by atoms with Crippen LogP contribution in [0.25, 0.3) is 5.65 Å². The fourth-order valence-electron chi connectivity index (χ4n) is 4.45. The third kappa shape index (κ3) is 5.22. The van der Waals surface area contributed by atoms with Crippen molar-refractivity contribution in [2.75, 3.05) is 18.4 Å². The van der Waals surface area contributed by atoms with Gasteiger partial charge in [-0.15, -0.1) is 0 Å². The van der Waals surface area contributed by atoms with Gasteiger partial charge in [-0.3, -0.25) is 4.98 Å². The number of sulfonamides is 1. The van der Waals surface area contributed by atoms with Crippen molar-refractivity contribution in [3.05, 3.63) is 76.8 Å². The van der Waals surface area contributed by atoms with Crippen molar-refractivity contribution in [2.24, 2.45) is 0 Å². The summed E-state index contributed by atoms with van der Waals surface area (Å²) in [5.41, 5.74) is 1.60. The Hall–Kier alpha value is -3.16. The summed E-state index contributed by atoms with van der Waals surface area (Å²) in [7, 11) is 2.01. The molecule has 1 fully saturated rings. The van der Waals surface area contributed by atoms with Gasteiger partial charge in [0.05, 0.1) is 10.6 Å². The fraction of sp³-hybridized carbons (Fsp3) is 0.292. The minimum absolute atomic E-state index is 0.0669. The number of benzene rings is 1. The molecular formula is C24H21BClF3N6O2S. The van der Waals surface area contributed by atoms with Crippen LogP contribution in [0.15, 0.2) is 59.9 Å². The second-order valence-electron chi connectivity index (χ2n) is 8.94. The molecule has 38 heavy (non-hydrogen) atoms. The second kappa shape index (κ2) is 10.2. The van der Waals surface area contributed by atoms with Crippen LogP contribution >= 0.6 is 11.6 Å². The van der Waals surface area contributed by atoms with E-state index in [-0.39, 0.29) is 23.9 Å². The van der Waals surface area contributed by atoms with E-state index in [9.17, 15) is 21.6 Å². The van der Waals surface area contributed by atoms with E-state index >= 15 is 0 Å². The molecule has 4 aromatic rings. The fourth-order valence-corrected chi connectivity index (χ4v) is 6.43. The molecule has 1 aliphatic heterocycles. The standard InChI is InChI=1S/C24H21BClF3N6O2S/c25-18-14-32-35-22(31-13-15-2-1-7-30-12-15)11-20(33-23(18)35)16-5-8-34(9-6-16)38(36,37)21-4-3-17(10-19(21)26)24(27,28)29/h1-4,7,10-12,14,16,31H,5-6,8-9,13H2. The molecule has 0 bridgehead atoms. The van der Waals surface area contributed by atoms with Crippen molar-refractivity contribution in [1.82, 2.24) is 23.9 Å². The van der Waals surface area contributed by atoms with Crippen LogP contribution in [-0.2, 0) is 22.7 Å². The molecule has 0 aliphatic carbocycles. The van der Waals surface area contributed by atoms with Crippen molar-refractivity contribution in [1.29, 1.82) is 0 Å². The van der Waals surface area contributed by atoms with Crippen molar-refractivity contribution >= 4 is 46.4 Å². The Morgan fingerprint density at radius 1 is 1.13 bits per heavy atom. The monoisotopic (exact) mass is 560 g/mol. The first-order valence-electron chi connectivity index (χ1n) is 11.7. The zero-order valence-electron chi connectivity index (χ0n) is 19.9. The molecule has 1 saturated heterocycles. The van der Waals surface area contributed by atoms with Gasteiger partial charge in [0.2, 0.25) is 10.0 Å². The lowest BCUT2D eigenvalue weighted by molar-refractivity contribution is -0.137. The van der Waals surface area contributed by atoms with Crippen molar-refractivity contribution in [3.8, 4) is 0 Å². The summed E-state index contributed by atoms with van der Waals surface area (Å²) < 4.78 is 68.1. The lowest BCUT2D eigenvalue weighted by Crippen LogP contribution is -2.38. The number of fused-ring (bicyclic) bond motifs is 1. The third-order valence-corrected chi connectivity index (χ3v) is 8.85. The van der Waals surface area contributed by atoms with E-state index in [1.165, 1.54) is 10.5 Å². The molecule has 0 spiro atoms. The number of nitrogens with zero attached hydrogens (tertiary/aromatic N) is 5. The Kier molecular flexibility index (Phi) is 7.10. The zero-order chi connectivity index (χ0) is 27.1. The maximum absolute atomic E-state index is 13.2. The first kappa shape index (κ1) is 26.5. The number of anilines is 1. The highest BCUT2D eigenvalue weighted by molar-refractivity contribution is 7.89. The van der Waals surface area contributed by atoms with E-state index in [1.54, 1.807) is 16.9 Å². The van der Waals surface area contributed by atoms with E-state index in [2.05, 4.69) is 15.4 Å². The molecule has 1 N–H and O–H groups in total. The Labute approximate surface area is 223 Å². The lowest BCUT2D eigenvalue weighted by atomic mass is 9.94. The average molecular weight is 561 g/mol. The Morgan fingerprint density at radius 3 is 2.55 bits per heavy atom.